The van der Waals surface area contributed by atoms with Gasteiger partial charge in [0.25, 0.3) is 0 Å². The van der Waals surface area contributed by atoms with E-state index in [1.807, 2.05) is 12.1 Å². The van der Waals surface area contributed by atoms with Crippen LogP contribution < -0.4 is 4.74 Å². The average molecular weight is 351 g/mol. The number of aromatic nitrogens is 1. The second-order valence-electron chi connectivity index (χ2n) is 4.83. The van der Waals surface area contributed by atoms with Gasteiger partial charge in [0.05, 0.1) is 22.1 Å². The summed E-state index contributed by atoms with van der Waals surface area (Å²) in [4.78, 5) is 11.0. The molecule has 0 amide bonds. The van der Waals surface area contributed by atoms with Gasteiger partial charge in [0.15, 0.2) is 5.69 Å². The van der Waals surface area contributed by atoms with Crippen LogP contribution in [-0.2, 0) is 6.54 Å². The predicted molar refractivity (Wildman–Crippen MR) is 91.0 cm³/mol. The molecule has 3 rings (SSSR count). The van der Waals surface area contributed by atoms with Gasteiger partial charge >= 0.3 is 0 Å². The molecule has 1 heterocycles. The number of hydrogen-bond donors (Lipinski definition) is 1. The van der Waals surface area contributed by atoms with Crippen molar-refractivity contribution in [2.45, 2.75) is 6.54 Å². The van der Waals surface area contributed by atoms with Crippen LogP contribution in [0.4, 0.5) is 5.69 Å². The van der Waals surface area contributed by atoms with Crippen molar-refractivity contribution < 1.29 is 9.84 Å². The Hall–Kier alpha value is -2.24. The maximum absolute atomic E-state index is 11.0. The van der Waals surface area contributed by atoms with Gasteiger partial charge < -0.3 is 14.4 Å². The molecule has 7 heteroatoms. The first-order valence-electron chi connectivity index (χ1n) is 6.84. The van der Waals surface area contributed by atoms with Gasteiger partial charge in [0.1, 0.15) is 12.4 Å². The summed E-state index contributed by atoms with van der Waals surface area (Å²) in [6, 6.07) is 12.2. The van der Waals surface area contributed by atoms with Crippen molar-refractivity contribution in [2.75, 3.05) is 6.61 Å². The van der Waals surface area contributed by atoms with E-state index in [2.05, 4.69) is 5.18 Å². The molecule has 0 aliphatic carbocycles. The summed E-state index contributed by atoms with van der Waals surface area (Å²) in [5.74, 6) is 0.316. The molecule has 118 valence electrons. The maximum atomic E-state index is 11.0. The standard InChI is InChI=1S/C16H12Cl2N2O3/c17-11-5-1-2-7-13(11)23-9-8-20-15-10(4-3-6-12(15)18)14(19-22)16(20)21/h1-7,21H,8-9H2. The lowest BCUT2D eigenvalue weighted by Crippen LogP contribution is -2.08. The van der Waals surface area contributed by atoms with Crippen LogP contribution in [-0.4, -0.2) is 16.3 Å². The fourth-order valence-electron chi connectivity index (χ4n) is 2.45. The molecule has 0 saturated carbocycles. The number of rotatable bonds is 5. The van der Waals surface area contributed by atoms with Crippen LogP contribution in [0.1, 0.15) is 0 Å². The summed E-state index contributed by atoms with van der Waals surface area (Å²) in [5.41, 5.74) is 0.518. The summed E-state index contributed by atoms with van der Waals surface area (Å²) in [6.07, 6.45) is 0. The van der Waals surface area contributed by atoms with E-state index in [0.29, 0.717) is 26.7 Å². The Morgan fingerprint density at radius 1 is 1.09 bits per heavy atom. The topological polar surface area (TPSA) is 63.8 Å². The van der Waals surface area contributed by atoms with E-state index >= 15 is 0 Å². The number of nitroso groups, excluding NO2 is 1. The molecule has 0 aliphatic rings. The first-order valence-corrected chi connectivity index (χ1v) is 7.59. The molecule has 0 bridgehead atoms. The van der Waals surface area contributed by atoms with Crippen molar-refractivity contribution in [3.05, 3.63) is 57.4 Å². The van der Waals surface area contributed by atoms with Crippen LogP contribution >= 0.6 is 23.2 Å². The number of benzene rings is 2. The lowest BCUT2D eigenvalue weighted by molar-refractivity contribution is 0.291. The molecule has 0 unspecified atom stereocenters. The Morgan fingerprint density at radius 3 is 2.57 bits per heavy atom. The largest absolute Gasteiger partial charge is 0.493 e. The Kier molecular flexibility index (Phi) is 4.41. The van der Waals surface area contributed by atoms with Gasteiger partial charge in [-0.15, -0.1) is 4.91 Å². The quantitative estimate of drug-likeness (QED) is 0.648. The third kappa shape index (κ3) is 2.85. The molecule has 0 spiro atoms. The molecular formula is C16H12Cl2N2O3. The molecule has 23 heavy (non-hydrogen) atoms. The van der Waals surface area contributed by atoms with E-state index in [-0.39, 0.29) is 24.7 Å². The molecule has 3 aromatic rings. The van der Waals surface area contributed by atoms with E-state index < -0.39 is 0 Å². The molecule has 1 N–H and O–H groups in total. The second kappa shape index (κ2) is 6.48. The van der Waals surface area contributed by atoms with Gasteiger partial charge in [0, 0.05) is 5.39 Å². The monoisotopic (exact) mass is 350 g/mol. The molecule has 2 aromatic carbocycles. The lowest BCUT2D eigenvalue weighted by atomic mass is 10.2. The van der Waals surface area contributed by atoms with Crippen molar-refractivity contribution in [3.8, 4) is 11.6 Å². The predicted octanol–water partition coefficient (Wildman–Crippen LogP) is 5.13. The highest BCUT2D eigenvalue weighted by atomic mass is 35.5. The minimum Gasteiger partial charge on any atom is -0.493 e. The zero-order valence-electron chi connectivity index (χ0n) is 11.9. The fraction of sp³-hybridized carbons (Fsp3) is 0.125. The van der Waals surface area contributed by atoms with Gasteiger partial charge in [-0.05, 0) is 23.4 Å². The van der Waals surface area contributed by atoms with Gasteiger partial charge in [-0.1, -0.05) is 47.5 Å². The molecule has 0 saturated heterocycles. The number of aromatic hydroxyl groups is 1. The second-order valence-corrected chi connectivity index (χ2v) is 5.64. The van der Waals surface area contributed by atoms with E-state index in [4.69, 9.17) is 27.9 Å². The highest BCUT2D eigenvalue weighted by Crippen LogP contribution is 2.41. The molecule has 0 fully saturated rings. The molecule has 0 radical (unpaired) electrons. The van der Waals surface area contributed by atoms with Crippen molar-refractivity contribution in [1.29, 1.82) is 0 Å². The molecule has 5 nitrogen and oxygen atoms in total. The van der Waals surface area contributed by atoms with Crippen molar-refractivity contribution in [1.82, 2.24) is 4.57 Å². The smallest absolute Gasteiger partial charge is 0.222 e. The molecule has 0 atom stereocenters. The summed E-state index contributed by atoms with van der Waals surface area (Å²) < 4.78 is 7.12. The minimum absolute atomic E-state index is 0.0276. The summed E-state index contributed by atoms with van der Waals surface area (Å²) in [6.45, 7) is 0.525. The van der Waals surface area contributed by atoms with Crippen molar-refractivity contribution >= 4 is 39.8 Å². The number of fused-ring (bicyclic) bond motifs is 1. The van der Waals surface area contributed by atoms with Crippen LogP contribution in [0.15, 0.2) is 47.6 Å². The van der Waals surface area contributed by atoms with E-state index in [1.54, 1.807) is 30.3 Å². The number of para-hydroxylation sites is 2. The van der Waals surface area contributed by atoms with Crippen LogP contribution in [0, 0.1) is 4.91 Å². The van der Waals surface area contributed by atoms with Gasteiger partial charge in [-0.2, -0.15) is 0 Å². The molecular weight excluding hydrogens is 339 g/mol. The molecule has 0 aliphatic heterocycles. The SMILES string of the molecule is O=Nc1c(O)n(CCOc2ccccc2Cl)c2c(Cl)cccc12. The highest BCUT2D eigenvalue weighted by molar-refractivity contribution is 6.35. The first kappa shape index (κ1) is 15.6. The highest BCUT2D eigenvalue weighted by Gasteiger charge is 2.19. The van der Waals surface area contributed by atoms with E-state index in [1.165, 1.54) is 4.57 Å². The van der Waals surface area contributed by atoms with E-state index in [9.17, 15) is 10.0 Å². The fourth-order valence-corrected chi connectivity index (χ4v) is 2.92. The van der Waals surface area contributed by atoms with E-state index in [0.717, 1.165) is 0 Å². The van der Waals surface area contributed by atoms with Crippen molar-refractivity contribution in [2.24, 2.45) is 5.18 Å². The zero-order valence-corrected chi connectivity index (χ0v) is 13.4. The number of ether oxygens (including phenoxy) is 1. The maximum Gasteiger partial charge on any atom is 0.222 e. The van der Waals surface area contributed by atoms with Crippen LogP contribution in [0.25, 0.3) is 10.9 Å². The number of nitrogens with zero attached hydrogens (tertiary/aromatic N) is 2. The van der Waals surface area contributed by atoms with Gasteiger partial charge in [0.2, 0.25) is 5.88 Å². The number of halogens is 2. The van der Waals surface area contributed by atoms with Crippen LogP contribution in [0.2, 0.25) is 10.0 Å². The minimum atomic E-state index is -0.231. The third-order valence-electron chi connectivity index (χ3n) is 3.48. The Labute approximate surface area is 142 Å². The number of hydrogen-bond acceptors (Lipinski definition) is 4. The molecule has 1 aromatic heterocycles. The Bertz CT molecular complexity index is 877. The lowest BCUT2D eigenvalue weighted by Gasteiger charge is -2.10. The summed E-state index contributed by atoms with van der Waals surface area (Å²) >= 11 is 12.2. The first-order chi connectivity index (χ1) is 11.1. The summed E-state index contributed by atoms with van der Waals surface area (Å²) in [7, 11) is 0. The Morgan fingerprint density at radius 2 is 1.83 bits per heavy atom. The Balaban J connectivity index is 1.90. The normalized spacial score (nSPS) is 10.9. The van der Waals surface area contributed by atoms with Gasteiger partial charge in [-0.3, -0.25) is 0 Å². The zero-order chi connectivity index (χ0) is 16.4. The van der Waals surface area contributed by atoms with Crippen LogP contribution in [0.5, 0.6) is 11.6 Å². The average Bonchev–Trinajstić information content (AvgIpc) is 2.82. The van der Waals surface area contributed by atoms with Crippen molar-refractivity contribution in [3.63, 3.8) is 0 Å². The van der Waals surface area contributed by atoms with Crippen LogP contribution in [0.3, 0.4) is 0 Å². The third-order valence-corrected chi connectivity index (χ3v) is 4.10. The summed E-state index contributed by atoms with van der Waals surface area (Å²) in [5, 5.41) is 14.5. The van der Waals surface area contributed by atoms with Gasteiger partial charge in [-0.25, -0.2) is 0 Å².